The number of carbonyl (C=O) groups excluding carboxylic acids is 1. The molecule has 3 N–H and O–H groups in total. The number of aryl methyl sites for hydroxylation is 1. The summed E-state index contributed by atoms with van der Waals surface area (Å²) in [6, 6.07) is 8.08. The Hall–Kier alpha value is -3.93. The highest BCUT2D eigenvalue weighted by atomic mass is 16.6. The van der Waals surface area contributed by atoms with Crippen LogP contribution in [0.1, 0.15) is 18.4 Å². The molecule has 0 atom stereocenters. The van der Waals surface area contributed by atoms with Crippen LogP contribution in [0, 0.1) is 18.3 Å². The zero-order chi connectivity index (χ0) is 19.3. The van der Waals surface area contributed by atoms with Crippen molar-refractivity contribution < 1.29 is 9.53 Å². The van der Waals surface area contributed by atoms with Crippen molar-refractivity contribution in [1.82, 2.24) is 30.5 Å². The van der Waals surface area contributed by atoms with Gasteiger partial charge in [0.15, 0.2) is 16.9 Å². The molecule has 5 rings (SSSR count). The number of ether oxygens (including phenoxy) is 1. The fraction of sp³-hybridized carbons (Fsp3) is 0.211. The molecule has 0 aliphatic heterocycles. The minimum Gasteiger partial charge on any atom is -0.406 e. The van der Waals surface area contributed by atoms with E-state index in [4.69, 9.17) is 10.00 Å². The maximum absolute atomic E-state index is 12.1. The molecular formula is C19H15N7O2. The van der Waals surface area contributed by atoms with Crippen LogP contribution in [0.3, 0.4) is 0 Å². The van der Waals surface area contributed by atoms with E-state index in [1.54, 1.807) is 6.20 Å². The van der Waals surface area contributed by atoms with Gasteiger partial charge in [-0.25, -0.2) is 14.8 Å². The molecule has 1 saturated carbocycles. The van der Waals surface area contributed by atoms with Crippen molar-refractivity contribution in [2.75, 3.05) is 0 Å². The lowest BCUT2D eigenvalue weighted by atomic mass is 10.1. The largest absolute Gasteiger partial charge is 0.414 e. The van der Waals surface area contributed by atoms with Gasteiger partial charge in [0.1, 0.15) is 16.9 Å². The lowest BCUT2D eigenvalue weighted by Gasteiger charge is -2.08. The number of nitrogens with zero attached hydrogens (tertiary/aromatic N) is 4. The highest BCUT2D eigenvalue weighted by Gasteiger charge is 2.45. The smallest absolute Gasteiger partial charge is 0.406 e. The lowest BCUT2D eigenvalue weighted by molar-refractivity contribution is 0.198. The van der Waals surface area contributed by atoms with Gasteiger partial charge in [0.2, 0.25) is 0 Å². The first kappa shape index (κ1) is 16.3. The lowest BCUT2D eigenvalue weighted by Crippen LogP contribution is -2.37. The third kappa shape index (κ3) is 2.63. The molecule has 1 fully saturated rings. The van der Waals surface area contributed by atoms with E-state index in [1.807, 2.05) is 25.1 Å². The summed E-state index contributed by atoms with van der Waals surface area (Å²) in [6.07, 6.45) is 3.70. The summed E-state index contributed by atoms with van der Waals surface area (Å²) >= 11 is 0. The van der Waals surface area contributed by atoms with Gasteiger partial charge in [-0.2, -0.15) is 10.4 Å². The van der Waals surface area contributed by atoms with Crippen molar-refractivity contribution in [2.24, 2.45) is 0 Å². The molecule has 9 nitrogen and oxygen atoms in total. The van der Waals surface area contributed by atoms with E-state index in [0.717, 1.165) is 16.5 Å². The van der Waals surface area contributed by atoms with Crippen LogP contribution < -0.4 is 10.1 Å². The predicted octanol–water partition coefficient (Wildman–Crippen LogP) is 2.95. The molecule has 138 valence electrons. The molecule has 0 unspecified atom stereocenters. The van der Waals surface area contributed by atoms with Crippen molar-refractivity contribution in [3.05, 3.63) is 36.2 Å². The first-order valence-corrected chi connectivity index (χ1v) is 8.77. The van der Waals surface area contributed by atoms with Gasteiger partial charge in [0, 0.05) is 11.6 Å². The average Bonchev–Trinajstić information content (AvgIpc) is 3.16. The zero-order valence-electron chi connectivity index (χ0n) is 14.9. The second-order valence-electron chi connectivity index (χ2n) is 6.94. The van der Waals surface area contributed by atoms with E-state index in [-0.39, 0.29) is 5.75 Å². The van der Waals surface area contributed by atoms with Crippen LogP contribution in [-0.2, 0) is 0 Å². The second-order valence-corrected chi connectivity index (χ2v) is 6.94. The van der Waals surface area contributed by atoms with Crippen LogP contribution >= 0.6 is 0 Å². The molecule has 0 spiro atoms. The summed E-state index contributed by atoms with van der Waals surface area (Å²) in [5.41, 5.74) is 3.37. The summed E-state index contributed by atoms with van der Waals surface area (Å²) in [6.45, 7) is 2.01. The van der Waals surface area contributed by atoms with Crippen LogP contribution in [0.5, 0.6) is 5.75 Å². The summed E-state index contributed by atoms with van der Waals surface area (Å²) in [5.74, 6) is 0.242. The molecule has 3 aromatic heterocycles. The predicted molar refractivity (Wildman–Crippen MR) is 100 cm³/mol. The number of aromatic nitrogens is 5. The van der Waals surface area contributed by atoms with Crippen LogP contribution in [0.15, 0.2) is 30.6 Å². The Bertz CT molecular complexity index is 1280. The molecule has 1 aliphatic rings. The number of H-pyrrole nitrogens is 2. The number of aromatic amines is 2. The monoisotopic (exact) mass is 373 g/mol. The molecule has 3 heterocycles. The summed E-state index contributed by atoms with van der Waals surface area (Å²) in [7, 11) is 0. The Labute approximate surface area is 158 Å². The van der Waals surface area contributed by atoms with Gasteiger partial charge in [0.05, 0.1) is 17.8 Å². The molecule has 28 heavy (non-hydrogen) atoms. The topological polar surface area (TPSA) is 132 Å². The molecule has 0 saturated heterocycles. The highest BCUT2D eigenvalue weighted by Crippen LogP contribution is 2.35. The normalized spacial score (nSPS) is 14.7. The first-order valence-electron chi connectivity index (χ1n) is 8.77. The standard InChI is InChI=1S/C19H15N7O2/c1-10-2-3-11-12(6-10)25-26-15(11)13-7-21-17-16(23-13)14(8-22-17)28-18(27)24-19(9-20)4-5-19/h2-3,6-8H,4-5H2,1H3,(H,21,22)(H,24,27)(H,25,26). The molecule has 0 bridgehead atoms. The number of fused-ring (bicyclic) bond motifs is 2. The number of hydrogen-bond acceptors (Lipinski definition) is 6. The highest BCUT2D eigenvalue weighted by molar-refractivity contribution is 5.93. The fourth-order valence-electron chi connectivity index (χ4n) is 3.10. The van der Waals surface area contributed by atoms with Gasteiger partial charge in [-0.1, -0.05) is 12.1 Å². The molecule has 1 aromatic carbocycles. The quantitative estimate of drug-likeness (QED) is 0.506. The minimum atomic E-state index is -0.799. The van der Waals surface area contributed by atoms with E-state index in [2.05, 4.69) is 36.5 Å². The number of benzene rings is 1. The Morgan fingerprint density at radius 2 is 2.25 bits per heavy atom. The Balaban J connectivity index is 1.49. The van der Waals surface area contributed by atoms with E-state index >= 15 is 0 Å². The van der Waals surface area contributed by atoms with Gasteiger partial charge >= 0.3 is 6.09 Å². The van der Waals surface area contributed by atoms with E-state index in [0.29, 0.717) is 35.4 Å². The maximum atomic E-state index is 12.1. The molecule has 9 heteroatoms. The SMILES string of the molecule is Cc1ccc2c(-c3cnc4[nH]cc(OC(=O)NC5(C#N)CC5)c4n3)n[nH]c2c1. The van der Waals surface area contributed by atoms with Crippen LogP contribution in [-0.4, -0.2) is 36.8 Å². The van der Waals surface area contributed by atoms with Crippen LogP contribution in [0.25, 0.3) is 33.5 Å². The first-order chi connectivity index (χ1) is 13.6. The van der Waals surface area contributed by atoms with E-state index < -0.39 is 11.6 Å². The maximum Gasteiger partial charge on any atom is 0.414 e. The Morgan fingerprint density at radius 1 is 1.39 bits per heavy atom. The summed E-state index contributed by atoms with van der Waals surface area (Å²) < 4.78 is 5.36. The Morgan fingerprint density at radius 3 is 3.04 bits per heavy atom. The molecule has 1 aliphatic carbocycles. The third-order valence-electron chi connectivity index (χ3n) is 4.81. The zero-order valence-corrected chi connectivity index (χ0v) is 14.9. The van der Waals surface area contributed by atoms with Crippen molar-refractivity contribution >= 4 is 28.2 Å². The summed E-state index contributed by atoms with van der Waals surface area (Å²) in [4.78, 5) is 24.0. The van der Waals surface area contributed by atoms with Gasteiger partial charge in [-0.3, -0.25) is 5.10 Å². The number of hydrogen-bond donors (Lipinski definition) is 3. The van der Waals surface area contributed by atoms with Gasteiger partial charge < -0.3 is 15.0 Å². The molecule has 0 radical (unpaired) electrons. The third-order valence-corrected chi connectivity index (χ3v) is 4.81. The van der Waals surface area contributed by atoms with Crippen LogP contribution in [0.4, 0.5) is 4.79 Å². The number of carbonyl (C=O) groups is 1. The Kier molecular flexibility index (Phi) is 3.36. The van der Waals surface area contributed by atoms with E-state index in [9.17, 15) is 4.79 Å². The number of nitrogens with one attached hydrogen (secondary N) is 3. The molecular weight excluding hydrogens is 358 g/mol. The number of amides is 1. The second kappa shape index (κ2) is 5.79. The van der Waals surface area contributed by atoms with Crippen molar-refractivity contribution in [3.8, 4) is 23.2 Å². The molecule has 4 aromatic rings. The van der Waals surface area contributed by atoms with Gasteiger partial charge in [0.25, 0.3) is 0 Å². The van der Waals surface area contributed by atoms with Crippen molar-refractivity contribution in [2.45, 2.75) is 25.3 Å². The number of rotatable bonds is 3. The number of nitriles is 1. The van der Waals surface area contributed by atoms with Gasteiger partial charge in [-0.15, -0.1) is 0 Å². The van der Waals surface area contributed by atoms with Crippen molar-refractivity contribution in [3.63, 3.8) is 0 Å². The van der Waals surface area contributed by atoms with Gasteiger partial charge in [-0.05, 0) is 31.4 Å². The average molecular weight is 373 g/mol. The summed E-state index contributed by atoms with van der Waals surface area (Å²) in [5, 5.41) is 20.0. The molecule has 1 amide bonds. The fourth-order valence-corrected chi connectivity index (χ4v) is 3.10. The van der Waals surface area contributed by atoms with E-state index in [1.165, 1.54) is 6.20 Å². The van der Waals surface area contributed by atoms with Crippen LogP contribution in [0.2, 0.25) is 0 Å². The minimum absolute atomic E-state index is 0.242. The van der Waals surface area contributed by atoms with Crippen molar-refractivity contribution in [1.29, 1.82) is 5.26 Å².